The third-order valence-electron chi connectivity index (χ3n) is 2.41. The topological polar surface area (TPSA) is 26.0 Å². The van der Waals surface area contributed by atoms with Crippen LogP contribution in [0.3, 0.4) is 0 Å². The van der Waals surface area contributed by atoms with Crippen LogP contribution in [0.25, 0.3) is 0 Å². The van der Waals surface area contributed by atoms with E-state index in [1.807, 2.05) is 23.6 Å². The highest BCUT2D eigenvalue weighted by atomic mass is 79.9. The number of rotatable bonds is 3. The van der Waals surface area contributed by atoms with Crippen LogP contribution in [0, 0.1) is 0 Å². The highest BCUT2D eigenvalue weighted by Gasteiger charge is 2.11. The molecule has 0 fully saturated rings. The number of benzene rings is 1. The second-order valence-corrected chi connectivity index (χ2v) is 6.90. The first-order chi connectivity index (χ1) is 8.06. The first-order valence-corrected chi connectivity index (χ1v) is 7.84. The van der Waals surface area contributed by atoms with Gasteiger partial charge in [-0.25, -0.2) is 0 Å². The van der Waals surface area contributed by atoms with E-state index in [1.165, 1.54) is 0 Å². The van der Waals surface area contributed by atoms with Gasteiger partial charge in [-0.15, -0.1) is 11.3 Å². The molecule has 0 saturated heterocycles. The van der Waals surface area contributed by atoms with Gasteiger partial charge in [-0.2, -0.15) is 0 Å². The van der Waals surface area contributed by atoms with Crippen molar-refractivity contribution in [2.24, 2.45) is 5.73 Å². The van der Waals surface area contributed by atoms with Crippen molar-refractivity contribution >= 4 is 54.8 Å². The molecule has 0 amide bonds. The molecule has 1 aromatic heterocycles. The molecule has 0 aliphatic rings. The molecular weight excluding hydrogens is 385 g/mol. The Kier molecular flexibility index (Phi) is 4.66. The van der Waals surface area contributed by atoms with E-state index in [-0.39, 0.29) is 6.04 Å². The third-order valence-corrected chi connectivity index (χ3v) is 5.08. The van der Waals surface area contributed by atoms with E-state index in [9.17, 15) is 0 Å². The Bertz CT molecular complexity index is 527. The monoisotopic (exact) mass is 393 g/mol. The standard InChI is InChI=1S/C12H10Br2ClNS/c13-8-2-1-7(10(15)4-8)3-11(16)12-5-9(14)6-17-12/h1-2,4-6,11H,3,16H2. The summed E-state index contributed by atoms with van der Waals surface area (Å²) in [5.41, 5.74) is 7.24. The molecule has 0 radical (unpaired) electrons. The molecule has 0 spiro atoms. The van der Waals surface area contributed by atoms with Crippen molar-refractivity contribution in [2.45, 2.75) is 12.5 Å². The second-order valence-electron chi connectivity index (χ2n) is 3.71. The molecule has 0 bridgehead atoms. The summed E-state index contributed by atoms with van der Waals surface area (Å²) in [4.78, 5) is 1.16. The fourth-order valence-electron chi connectivity index (χ4n) is 1.55. The molecule has 1 unspecified atom stereocenters. The van der Waals surface area contributed by atoms with Crippen molar-refractivity contribution < 1.29 is 0 Å². The molecule has 17 heavy (non-hydrogen) atoms. The van der Waals surface area contributed by atoms with Gasteiger partial charge in [-0.05, 0) is 46.1 Å². The van der Waals surface area contributed by atoms with Crippen molar-refractivity contribution in [1.29, 1.82) is 0 Å². The van der Waals surface area contributed by atoms with Crippen molar-refractivity contribution in [2.75, 3.05) is 0 Å². The van der Waals surface area contributed by atoms with Crippen LogP contribution >= 0.6 is 54.8 Å². The van der Waals surface area contributed by atoms with Crippen molar-refractivity contribution in [3.63, 3.8) is 0 Å². The lowest BCUT2D eigenvalue weighted by atomic mass is 10.1. The fraction of sp³-hybridized carbons (Fsp3) is 0.167. The summed E-state index contributed by atoms with van der Waals surface area (Å²) in [6.45, 7) is 0. The molecule has 90 valence electrons. The summed E-state index contributed by atoms with van der Waals surface area (Å²) >= 11 is 14.7. The first-order valence-electron chi connectivity index (χ1n) is 4.99. The van der Waals surface area contributed by atoms with E-state index >= 15 is 0 Å². The summed E-state index contributed by atoms with van der Waals surface area (Å²) in [6.07, 6.45) is 0.749. The average Bonchev–Trinajstić information content (AvgIpc) is 2.69. The lowest BCUT2D eigenvalue weighted by Crippen LogP contribution is -2.12. The van der Waals surface area contributed by atoms with Gasteiger partial charge in [0.15, 0.2) is 0 Å². The molecule has 1 nitrogen and oxygen atoms in total. The van der Waals surface area contributed by atoms with Crippen LogP contribution < -0.4 is 5.73 Å². The fourth-order valence-corrected chi connectivity index (χ4v) is 3.75. The molecule has 2 N–H and O–H groups in total. The average molecular weight is 396 g/mol. The molecule has 0 saturated carbocycles. The maximum atomic E-state index is 6.17. The molecule has 5 heteroatoms. The van der Waals surface area contributed by atoms with Gasteiger partial charge >= 0.3 is 0 Å². The van der Waals surface area contributed by atoms with Crippen LogP contribution in [-0.2, 0) is 6.42 Å². The maximum Gasteiger partial charge on any atom is 0.0449 e. The van der Waals surface area contributed by atoms with Crippen molar-refractivity contribution in [3.8, 4) is 0 Å². The van der Waals surface area contributed by atoms with Gasteiger partial charge in [0, 0.05) is 30.3 Å². The van der Waals surface area contributed by atoms with Gasteiger partial charge in [-0.3, -0.25) is 0 Å². The highest BCUT2D eigenvalue weighted by molar-refractivity contribution is 9.10. The van der Waals surface area contributed by atoms with Crippen LogP contribution in [-0.4, -0.2) is 0 Å². The van der Waals surface area contributed by atoms with E-state index in [4.69, 9.17) is 17.3 Å². The largest absolute Gasteiger partial charge is 0.323 e. The van der Waals surface area contributed by atoms with Crippen LogP contribution in [0.5, 0.6) is 0 Å². The molecule has 0 aliphatic carbocycles. The van der Waals surface area contributed by atoms with Crippen LogP contribution in [0.4, 0.5) is 0 Å². The number of halogens is 3. The molecule has 1 heterocycles. The molecule has 1 aromatic carbocycles. The summed E-state index contributed by atoms with van der Waals surface area (Å²) < 4.78 is 2.06. The van der Waals surface area contributed by atoms with Crippen LogP contribution in [0.2, 0.25) is 5.02 Å². The maximum absolute atomic E-state index is 6.17. The zero-order valence-electron chi connectivity index (χ0n) is 8.79. The molecule has 2 rings (SSSR count). The quantitative estimate of drug-likeness (QED) is 0.762. The summed E-state index contributed by atoms with van der Waals surface area (Å²) in [6, 6.07) is 7.94. The van der Waals surface area contributed by atoms with Gasteiger partial charge in [0.2, 0.25) is 0 Å². The minimum absolute atomic E-state index is 0.00928. The van der Waals surface area contributed by atoms with Gasteiger partial charge in [0.25, 0.3) is 0 Å². The number of nitrogens with two attached hydrogens (primary N) is 1. The minimum Gasteiger partial charge on any atom is -0.323 e. The lowest BCUT2D eigenvalue weighted by Gasteiger charge is -2.11. The van der Waals surface area contributed by atoms with Crippen molar-refractivity contribution in [3.05, 3.63) is 54.1 Å². The van der Waals surface area contributed by atoms with Gasteiger partial charge in [-0.1, -0.05) is 33.6 Å². The Morgan fingerprint density at radius 3 is 2.59 bits per heavy atom. The van der Waals surface area contributed by atoms with Crippen LogP contribution in [0.1, 0.15) is 16.5 Å². The third kappa shape index (κ3) is 3.55. The SMILES string of the molecule is NC(Cc1ccc(Br)cc1Cl)c1cc(Br)cs1. The molecule has 0 aliphatic heterocycles. The Balaban J connectivity index is 2.15. The Morgan fingerprint density at radius 2 is 2.00 bits per heavy atom. The van der Waals surface area contributed by atoms with E-state index in [0.717, 1.165) is 30.8 Å². The number of hydrogen-bond acceptors (Lipinski definition) is 2. The lowest BCUT2D eigenvalue weighted by molar-refractivity contribution is 0.736. The van der Waals surface area contributed by atoms with Crippen molar-refractivity contribution in [1.82, 2.24) is 0 Å². The van der Waals surface area contributed by atoms with Gasteiger partial charge < -0.3 is 5.73 Å². The normalized spacial score (nSPS) is 12.7. The Hall–Kier alpha value is 0.130. The number of hydrogen-bond donors (Lipinski definition) is 1. The zero-order valence-corrected chi connectivity index (χ0v) is 13.5. The first kappa shape index (κ1) is 13.6. The molecular formula is C12H10Br2ClNS. The Labute approximate surface area is 126 Å². The van der Waals surface area contributed by atoms with E-state index in [1.54, 1.807) is 11.3 Å². The second kappa shape index (κ2) is 5.85. The summed E-state index contributed by atoms with van der Waals surface area (Å²) in [5, 5.41) is 2.80. The van der Waals surface area contributed by atoms with Crippen LogP contribution in [0.15, 0.2) is 38.6 Å². The summed E-state index contributed by atoms with van der Waals surface area (Å²) in [5.74, 6) is 0. The van der Waals surface area contributed by atoms with Gasteiger partial charge in [0.1, 0.15) is 0 Å². The number of thiophene rings is 1. The van der Waals surface area contributed by atoms with E-state index in [0.29, 0.717) is 0 Å². The van der Waals surface area contributed by atoms with E-state index in [2.05, 4.69) is 37.9 Å². The Morgan fingerprint density at radius 1 is 1.24 bits per heavy atom. The molecule has 1 atom stereocenters. The smallest absolute Gasteiger partial charge is 0.0449 e. The summed E-state index contributed by atoms with van der Waals surface area (Å²) in [7, 11) is 0. The predicted molar refractivity (Wildman–Crippen MR) is 81.8 cm³/mol. The van der Waals surface area contributed by atoms with E-state index < -0.39 is 0 Å². The van der Waals surface area contributed by atoms with Gasteiger partial charge in [0.05, 0.1) is 0 Å². The predicted octanol–water partition coefficient (Wildman–Crippen LogP) is 5.17. The molecule has 2 aromatic rings. The zero-order chi connectivity index (χ0) is 12.4. The minimum atomic E-state index is -0.00928. The highest BCUT2D eigenvalue weighted by Crippen LogP contribution is 2.29.